The standard InChI is InChI=1S/C18H30N2O/c1-15(2)19-13-16-8-9-18(21-3)17(12-16)14-20-10-6-4-5-7-11-20/h8-9,12,15,19H,4-7,10-11,13-14H2,1-3H3. The van der Waals surface area contributed by atoms with Crippen molar-refractivity contribution in [1.29, 1.82) is 0 Å². The smallest absolute Gasteiger partial charge is 0.123 e. The van der Waals surface area contributed by atoms with Crippen LogP contribution in [-0.4, -0.2) is 31.1 Å². The minimum atomic E-state index is 0.515. The number of nitrogens with one attached hydrogen (secondary N) is 1. The van der Waals surface area contributed by atoms with E-state index in [0.29, 0.717) is 6.04 Å². The molecule has 0 radical (unpaired) electrons. The van der Waals surface area contributed by atoms with Crippen molar-refractivity contribution in [3.8, 4) is 5.75 Å². The number of benzene rings is 1. The third-order valence-corrected chi connectivity index (χ3v) is 4.15. The van der Waals surface area contributed by atoms with Gasteiger partial charge in [-0.3, -0.25) is 4.90 Å². The van der Waals surface area contributed by atoms with Gasteiger partial charge in [0.2, 0.25) is 0 Å². The van der Waals surface area contributed by atoms with Crippen LogP contribution in [0, 0.1) is 0 Å². The maximum absolute atomic E-state index is 5.55. The summed E-state index contributed by atoms with van der Waals surface area (Å²) in [5.41, 5.74) is 2.66. The quantitative estimate of drug-likeness (QED) is 0.867. The summed E-state index contributed by atoms with van der Waals surface area (Å²) < 4.78 is 5.55. The zero-order valence-corrected chi connectivity index (χ0v) is 13.8. The molecule has 1 aliphatic heterocycles. The summed E-state index contributed by atoms with van der Waals surface area (Å²) in [4.78, 5) is 2.57. The van der Waals surface area contributed by atoms with Gasteiger partial charge in [-0.05, 0) is 43.6 Å². The molecule has 1 aromatic rings. The number of ether oxygens (including phenoxy) is 1. The summed E-state index contributed by atoms with van der Waals surface area (Å²) in [6.07, 6.45) is 5.42. The Morgan fingerprint density at radius 1 is 1.14 bits per heavy atom. The van der Waals surface area contributed by atoms with Crippen LogP contribution in [0.25, 0.3) is 0 Å². The third kappa shape index (κ3) is 5.33. The second-order valence-electron chi connectivity index (χ2n) is 6.37. The Bertz CT molecular complexity index is 423. The van der Waals surface area contributed by atoms with Crippen LogP contribution in [0.4, 0.5) is 0 Å². The van der Waals surface area contributed by atoms with Crippen LogP contribution in [0.2, 0.25) is 0 Å². The molecule has 1 aromatic carbocycles. The van der Waals surface area contributed by atoms with Gasteiger partial charge < -0.3 is 10.1 Å². The van der Waals surface area contributed by atoms with Crippen molar-refractivity contribution in [2.45, 2.75) is 58.7 Å². The van der Waals surface area contributed by atoms with E-state index in [1.165, 1.54) is 49.9 Å². The molecule has 3 nitrogen and oxygen atoms in total. The van der Waals surface area contributed by atoms with E-state index in [0.717, 1.165) is 18.8 Å². The van der Waals surface area contributed by atoms with Gasteiger partial charge in [0.25, 0.3) is 0 Å². The molecule has 0 bridgehead atoms. The zero-order chi connectivity index (χ0) is 15.1. The Hall–Kier alpha value is -1.06. The minimum Gasteiger partial charge on any atom is -0.496 e. The lowest BCUT2D eigenvalue weighted by atomic mass is 10.1. The highest BCUT2D eigenvalue weighted by molar-refractivity contribution is 5.37. The van der Waals surface area contributed by atoms with Gasteiger partial charge in [-0.2, -0.15) is 0 Å². The molecule has 0 aromatic heterocycles. The summed E-state index contributed by atoms with van der Waals surface area (Å²) in [5.74, 6) is 1.02. The van der Waals surface area contributed by atoms with Crippen molar-refractivity contribution in [2.24, 2.45) is 0 Å². The highest BCUT2D eigenvalue weighted by Crippen LogP contribution is 2.23. The van der Waals surface area contributed by atoms with E-state index < -0.39 is 0 Å². The highest BCUT2D eigenvalue weighted by atomic mass is 16.5. The van der Waals surface area contributed by atoms with Crippen LogP contribution >= 0.6 is 0 Å². The van der Waals surface area contributed by atoms with Crippen LogP contribution < -0.4 is 10.1 Å². The molecule has 1 fully saturated rings. The fraction of sp³-hybridized carbons (Fsp3) is 0.667. The first kappa shape index (κ1) is 16.3. The van der Waals surface area contributed by atoms with Crippen LogP contribution in [0.3, 0.4) is 0 Å². The summed E-state index contributed by atoms with van der Waals surface area (Å²) in [6, 6.07) is 7.10. The van der Waals surface area contributed by atoms with E-state index in [4.69, 9.17) is 4.74 Å². The van der Waals surface area contributed by atoms with E-state index in [9.17, 15) is 0 Å². The van der Waals surface area contributed by atoms with Crippen molar-refractivity contribution in [3.05, 3.63) is 29.3 Å². The normalized spacial score (nSPS) is 17.0. The lowest BCUT2D eigenvalue weighted by Gasteiger charge is -2.22. The van der Waals surface area contributed by atoms with Gasteiger partial charge in [0, 0.05) is 24.7 Å². The lowest BCUT2D eigenvalue weighted by Crippen LogP contribution is -2.25. The Morgan fingerprint density at radius 2 is 1.86 bits per heavy atom. The van der Waals surface area contributed by atoms with Gasteiger partial charge in [0.1, 0.15) is 5.75 Å². The first-order valence-electron chi connectivity index (χ1n) is 8.30. The molecule has 118 valence electrons. The molecule has 1 aliphatic rings. The van der Waals surface area contributed by atoms with E-state index >= 15 is 0 Å². The molecule has 0 unspecified atom stereocenters. The zero-order valence-electron chi connectivity index (χ0n) is 13.8. The Morgan fingerprint density at radius 3 is 2.48 bits per heavy atom. The molecular formula is C18H30N2O. The number of methoxy groups -OCH3 is 1. The highest BCUT2D eigenvalue weighted by Gasteiger charge is 2.13. The Balaban J connectivity index is 2.05. The largest absolute Gasteiger partial charge is 0.496 e. The second-order valence-corrected chi connectivity index (χ2v) is 6.37. The minimum absolute atomic E-state index is 0.515. The van der Waals surface area contributed by atoms with Gasteiger partial charge in [0.05, 0.1) is 7.11 Å². The van der Waals surface area contributed by atoms with Crippen LogP contribution in [0.1, 0.15) is 50.7 Å². The van der Waals surface area contributed by atoms with Crippen molar-refractivity contribution in [3.63, 3.8) is 0 Å². The second kappa shape index (κ2) is 8.40. The van der Waals surface area contributed by atoms with Crippen LogP contribution in [0.5, 0.6) is 5.75 Å². The number of hydrogen-bond acceptors (Lipinski definition) is 3. The SMILES string of the molecule is COc1ccc(CNC(C)C)cc1CN1CCCCCC1. The monoisotopic (exact) mass is 290 g/mol. The van der Waals surface area contributed by atoms with E-state index in [2.05, 4.69) is 42.3 Å². The van der Waals surface area contributed by atoms with Crippen LogP contribution in [-0.2, 0) is 13.1 Å². The molecule has 1 heterocycles. The average molecular weight is 290 g/mol. The maximum Gasteiger partial charge on any atom is 0.123 e. The molecule has 0 atom stereocenters. The summed E-state index contributed by atoms with van der Waals surface area (Å²) in [5, 5.41) is 3.49. The summed E-state index contributed by atoms with van der Waals surface area (Å²) in [7, 11) is 1.77. The molecule has 0 saturated carbocycles. The number of rotatable bonds is 6. The van der Waals surface area contributed by atoms with Gasteiger partial charge in [-0.25, -0.2) is 0 Å². The van der Waals surface area contributed by atoms with Gasteiger partial charge in [-0.1, -0.05) is 32.8 Å². The van der Waals surface area contributed by atoms with Crippen LogP contribution in [0.15, 0.2) is 18.2 Å². The third-order valence-electron chi connectivity index (χ3n) is 4.15. The number of likely N-dealkylation sites (tertiary alicyclic amines) is 1. The van der Waals surface area contributed by atoms with Gasteiger partial charge >= 0.3 is 0 Å². The fourth-order valence-electron chi connectivity index (χ4n) is 2.92. The Kier molecular flexibility index (Phi) is 6.52. The molecule has 1 saturated heterocycles. The molecule has 3 heteroatoms. The van der Waals surface area contributed by atoms with Crippen molar-refractivity contribution in [2.75, 3.05) is 20.2 Å². The van der Waals surface area contributed by atoms with Crippen molar-refractivity contribution >= 4 is 0 Å². The lowest BCUT2D eigenvalue weighted by molar-refractivity contribution is 0.271. The topological polar surface area (TPSA) is 24.5 Å². The predicted molar refractivity (Wildman–Crippen MR) is 88.7 cm³/mol. The molecular weight excluding hydrogens is 260 g/mol. The predicted octanol–water partition coefficient (Wildman–Crippen LogP) is 3.57. The fourth-order valence-corrected chi connectivity index (χ4v) is 2.92. The van der Waals surface area contributed by atoms with Crippen molar-refractivity contribution < 1.29 is 4.74 Å². The molecule has 2 rings (SSSR count). The van der Waals surface area contributed by atoms with E-state index in [-0.39, 0.29) is 0 Å². The van der Waals surface area contributed by atoms with Gasteiger partial charge in [0.15, 0.2) is 0 Å². The summed E-state index contributed by atoms with van der Waals surface area (Å²) in [6.45, 7) is 8.74. The molecule has 21 heavy (non-hydrogen) atoms. The molecule has 0 spiro atoms. The van der Waals surface area contributed by atoms with Crippen molar-refractivity contribution in [1.82, 2.24) is 10.2 Å². The molecule has 1 N–H and O–H groups in total. The number of nitrogens with zero attached hydrogens (tertiary/aromatic N) is 1. The molecule has 0 aliphatic carbocycles. The molecule has 0 amide bonds. The summed E-state index contributed by atoms with van der Waals surface area (Å²) >= 11 is 0. The van der Waals surface area contributed by atoms with Gasteiger partial charge in [-0.15, -0.1) is 0 Å². The number of hydrogen-bond donors (Lipinski definition) is 1. The Labute approximate surface area is 129 Å². The first-order valence-corrected chi connectivity index (χ1v) is 8.30. The van der Waals surface area contributed by atoms with E-state index in [1.807, 2.05) is 0 Å². The first-order chi connectivity index (χ1) is 10.2. The maximum atomic E-state index is 5.55. The van der Waals surface area contributed by atoms with E-state index in [1.54, 1.807) is 7.11 Å². The average Bonchev–Trinajstić information content (AvgIpc) is 2.74.